The topological polar surface area (TPSA) is 121 Å². The lowest BCUT2D eigenvalue weighted by molar-refractivity contribution is -0.0237. The Morgan fingerprint density at radius 1 is 0.586 bits per heavy atom. The second-order valence-electron chi connectivity index (χ2n) is 16.4. The Balaban J connectivity index is 0.000000496. The Kier molecular flexibility index (Phi) is 17.7. The van der Waals surface area contributed by atoms with E-state index < -0.39 is 12.1 Å². The molecule has 0 radical (unpaired) electrons. The minimum atomic E-state index is -0.934. The Morgan fingerprint density at radius 2 is 1.10 bits per heavy atom. The van der Waals surface area contributed by atoms with Crippen molar-refractivity contribution in [1.29, 1.82) is 0 Å². The number of hydrogen-bond donors (Lipinski definition) is 3. The lowest BCUT2D eigenvalue weighted by Crippen LogP contribution is -2.46. The lowest BCUT2D eigenvalue weighted by atomic mass is 9.78. The number of unbranched alkanes of at least 4 members (excludes halogenated alkanes) is 2. The summed E-state index contributed by atoms with van der Waals surface area (Å²) < 4.78 is 23.0. The molecule has 3 aliphatic heterocycles. The van der Waals surface area contributed by atoms with Crippen molar-refractivity contribution < 1.29 is 39.1 Å². The molecule has 0 spiro atoms. The van der Waals surface area contributed by atoms with Crippen LogP contribution < -0.4 is 18.9 Å². The summed E-state index contributed by atoms with van der Waals surface area (Å²) in [6.45, 7) is 8.14. The third-order valence-corrected chi connectivity index (χ3v) is 12.4. The fraction of sp³-hybridized carbons (Fsp3) is 0.596. The van der Waals surface area contributed by atoms with Crippen LogP contribution in [0.1, 0.15) is 98.5 Å². The van der Waals surface area contributed by atoms with Crippen LogP contribution in [0.5, 0.6) is 23.0 Å². The summed E-state index contributed by atoms with van der Waals surface area (Å²) in [5.41, 5.74) is 2.85. The van der Waals surface area contributed by atoms with Crippen LogP contribution in [0.3, 0.4) is 0 Å². The van der Waals surface area contributed by atoms with Gasteiger partial charge in [-0.1, -0.05) is 55.8 Å². The maximum Gasteiger partial charge on any atom is 0.335 e. The van der Waals surface area contributed by atoms with Crippen molar-refractivity contribution in [3.63, 3.8) is 0 Å². The van der Waals surface area contributed by atoms with E-state index in [9.17, 15) is 15.0 Å². The van der Waals surface area contributed by atoms with E-state index in [-0.39, 0.29) is 23.5 Å². The molecular weight excluding hydrogens is 756 g/mol. The van der Waals surface area contributed by atoms with Crippen LogP contribution in [0.25, 0.3) is 0 Å². The molecule has 58 heavy (non-hydrogen) atoms. The Bertz CT molecular complexity index is 1690. The Labute approximate surface area is 350 Å². The molecule has 4 atom stereocenters. The van der Waals surface area contributed by atoms with E-state index in [1.54, 1.807) is 12.1 Å². The zero-order valence-corrected chi connectivity index (χ0v) is 35.0. The molecule has 7 rings (SSSR count). The van der Waals surface area contributed by atoms with Gasteiger partial charge < -0.3 is 44.1 Å². The minimum Gasteiger partial charge on any atom is -0.486 e. The normalized spacial score (nSPS) is 23.1. The number of halogens is 1. The molecule has 1 aliphatic carbocycles. The number of ether oxygens (including phenoxy) is 4. The molecule has 4 unspecified atom stereocenters. The van der Waals surface area contributed by atoms with E-state index in [1.165, 1.54) is 42.5 Å². The summed E-state index contributed by atoms with van der Waals surface area (Å²) in [6.07, 6.45) is 14.7. The van der Waals surface area contributed by atoms with Crippen molar-refractivity contribution in [1.82, 2.24) is 9.80 Å². The number of aromatic carboxylic acids is 1. The quantitative estimate of drug-likeness (QED) is 0.154. The number of hydrogen-bond acceptors (Lipinski definition) is 9. The van der Waals surface area contributed by atoms with Crippen molar-refractivity contribution in [3.8, 4) is 23.0 Å². The van der Waals surface area contributed by atoms with E-state index in [0.717, 1.165) is 126 Å². The molecule has 10 nitrogen and oxygen atoms in total. The number of benzene rings is 3. The van der Waals surface area contributed by atoms with E-state index in [4.69, 9.17) is 35.7 Å². The van der Waals surface area contributed by atoms with Gasteiger partial charge in [0.1, 0.15) is 26.4 Å². The molecular formula is C47H65ClN2O8. The van der Waals surface area contributed by atoms with Gasteiger partial charge in [0.15, 0.2) is 23.0 Å². The highest BCUT2D eigenvalue weighted by molar-refractivity contribution is 6.30. The summed E-state index contributed by atoms with van der Waals surface area (Å²) in [5, 5.41) is 32.4. The molecule has 3 aromatic rings. The third-order valence-electron chi connectivity index (χ3n) is 12.1. The van der Waals surface area contributed by atoms with Gasteiger partial charge in [-0.3, -0.25) is 0 Å². The van der Waals surface area contributed by atoms with Crippen LogP contribution in [0.15, 0.2) is 60.7 Å². The molecule has 0 bridgehead atoms. The van der Waals surface area contributed by atoms with E-state index in [1.807, 2.05) is 12.1 Å². The van der Waals surface area contributed by atoms with Gasteiger partial charge in [0.05, 0.1) is 17.8 Å². The van der Waals surface area contributed by atoms with Gasteiger partial charge in [-0.05, 0) is 150 Å². The number of carboxylic acid groups (broad SMARTS) is 1. The molecule has 1 saturated heterocycles. The van der Waals surface area contributed by atoms with Crippen molar-refractivity contribution in [2.75, 3.05) is 65.7 Å². The van der Waals surface area contributed by atoms with Crippen molar-refractivity contribution >= 4 is 17.6 Å². The smallest absolute Gasteiger partial charge is 0.335 e. The number of carbonyl (C=O) groups is 1. The number of β-amino-alcohol motifs (C(OH)–C–C–N with tert-alkyl or cyclic N) is 1. The Morgan fingerprint density at radius 3 is 1.67 bits per heavy atom. The van der Waals surface area contributed by atoms with Gasteiger partial charge in [-0.15, -0.1) is 0 Å². The average Bonchev–Trinajstić information content (AvgIpc) is 3.39. The number of nitrogens with zero attached hydrogens (tertiary/aromatic N) is 2. The van der Waals surface area contributed by atoms with Gasteiger partial charge in [0, 0.05) is 24.0 Å². The van der Waals surface area contributed by atoms with Crippen LogP contribution in [0, 0.1) is 11.8 Å². The predicted molar refractivity (Wildman–Crippen MR) is 228 cm³/mol. The summed E-state index contributed by atoms with van der Waals surface area (Å²) in [4.78, 5) is 15.4. The fourth-order valence-corrected chi connectivity index (χ4v) is 9.05. The second kappa shape index (κ2) is 23.3. The number of aryl methyl sites for hydroxylation is 2. The minimum absolute atomic E-state index is 0.0919. The van der Waals surface area contributed by atoms with Gasteiger partial charge in [-0.2, -0.15) is 0 Å². The molecule has 11 heteroatoms. The predicted octanol–water partition coefficient (Wildman–Crippen LogP) is 8.32. The summed E-state index contributed by atoms with van der Waals surface area (Å²) >= 11 is 5.52. The second-order valence-corrected chi connectivity index (χ2v) is 16.9. The molecule has 3 heterocycles. The SMILES string of the molecule is O=C(O)c1ccc(Cl)cc1.OC1CCCCCCCC1C1CN(CCCCc2ccc3c(c2)OCCO3)CCCN(CCCCc2ccc3c(c2)OCCO3)CC1O. The first-order chi connectivity index (χ1) is 28.3. The Hall–Kier alpha value is -3.54. The molecule has 4 aliphatic rings. The zero-order valence-electron chi connectivity index (χ0n) is 34.2. The zero-order chi connectivity index (χ0) is 40.5. The standard InChI is InChI=1S/C40H60N2O6.C7H5ClO2/c43-35-14-5-3-1-2-4-13-33(35)34-29-41(19-8-6-11-31-15-17-37-39(27-31)47-25-23-45-37)21-10-22-42(30-36(34)44)20-9-7-12-32-16-18-38-40(28-32)48-26-24-46-38;8-6-3-1-5(2-4-6)7(9)10/h15-18,27-28,33-36,43-44H,1-14,19-26,29-30H2;1-4H,(H,9,10). The van der Waals surface area contributed by atoms with Crippen molar-refractivity contribution in [2.45, 2.75) is 102 Å². The van der Waals surface area contributed by atoms with Crippen LogP contribution in [-0.4, -0.2) is 109 Å². The van der Waals surface area contributed by atoms with Gasteiger partial charge in [0.25, 0.3) is 0 Å². The maximum atomic E-state index is 11.9. The van der Waals surface area contributed by atoms with E-state index in [2.05, 4.69) is 34.1 Å². The lowest BCUT2D eigenvalue weighted by Gasteiger charge is -2.38. The number of aliphatic hydroxyl groups excluding tert-OH is 2. The number of rotatable bonds is 12. The highest BCUT2D eigenvalue weighted by Crippen LogP contribution is 2.34. The maximum absolute atomic E-state index is 11.9. The van der Waals surface area contributed by atoms with E-state index in [0.29, 0.717) is 38.0 Å². The molecule has 0 aromatic heterocycles. The molecule has 2 fully saturated rings. The van der Waals surface area contributed by atoms with E-state index >= 15 is 0 Å². The number of fused-ring (bicyclic) bond motifs is 2. The molecule has 1 saturated carbocycles. The van der Waals surface area contributed by atoms with Crippen LogP contribution in [-0.2, 0) is 12.8 Å². The first-order valence-electron chi connectivity index (χ1n) is 21.9. The average molecular weight is 821 g/mol. The largest absolute Gasteiger partial charge is 0.486 e. The first-order valence-corrected chi connectivity index (χ1v) is 22.3. The number of aliphatic hydroxyl groups is 2. The van der Waals surface area contributed by atoms with Crippen molar-refractivity contribution in [2.24, 2.45) is 11.8 Å². The molecule has 3 aromatic carbocycles. The van der Waals surface area contributed by atoms with Crippen LogP contribution in [0.4, 0.5) is 0 Å². The highest BCUT2D eigenvalue weighted by Gasteiger charge is 2.36. The molecule has 318 valence electrons. The highest BCUT2D eigenvalue weighted by atomic mass is 35.5. The van der Waals surface area contributed by atoms with Gasteiger partial charge >= 0.3 is 5.97 Å². The van der Waals surface area contributed by atoms with Gasteiger partial charge in [-0.25, -0.2) is 4.79 Å². The number of carboxylic acids is 1. The van der Waals surface area contributed by atoms with Gasteiger partial charge in [0.2, 0.25) is 0 Å². The summed E-state index contributed by atoms with van der Waals surface area (Å²) in [6, 6.07) is 18.7. The van der Waals surface area contributed by atoms with Crippen LogP contribution >= 0.6 is 11.6 Å². The molecule has 0 amide bonds. The summed E-state index contributed by atoms with van der Waals surface area (Å²) in [5.74, 6) is 2.76. The summed E-state index contributed by atoms with van der Waals surface area (Å²) in [7, 11) is 0. The molecule has 3 N–H and O–H groups in total. The van der Waals surface area contributed by atoms with Crippen LogP contribution in [0.2, 0.25) is 5.02 Å². The van der Waals surface area contributed by atoms with Crippen molar-refractivity contribution in [3.05, 3.63) is 82.4 Å². The monoisotopic (exact) mass is 820 g/mol. The first kappa shape index (κ1) is 44.0. The third kappa shape index (κ3) is 13.8. The fourth-order valence-electron chi connectivity index (χ4n) is 8.92.